The number of hydrogen-bond acceptors (Lipinski definition) is 4. The number of para-hydroxylation sites is 4. The van der Waals surface area contributed by atoms with Gasteiger partial charge < -0.3 is 19.6 Å². The maximum Gasteiger partial charge on any atom is 0.0540 e. The molecular weight excluding hydrogens is 1020 g/mol. The first kappa shape index (κ1) is 51.5. The van der Waals surface area contributed by atoms with Gasteiger partial charge in [-0.2, -0.15) is 0 Å². The first-order valence-electron chi connectivity index (χ1n) is 29.0. The van der Waals surface area contributed by atoms with Crippen LogP contribution in [0.25, 0.3) is 54.2 Å². The van der Waals surface area contributed by atoms with Crippen molar-refractivity contribution in [1.82, 2.24) is 0 Å². The lowest BCUT2D eigenvalue weighted by Crippen LogP contribution is -2.15. The van der Waals surface area contributed by atoms with Crippen LogP contribution in [0.2, 0.25) is 0 Å². The molecule has 0 bridgehead atoms. The molecule has 0 saturated carbocycles. The Hall–Kier alpha value is -10.7. The summed E-state index contributed by atoms with van der Waals surface area (Å²) in [5.74, 6) is 0. The average molecular weight is 1080 g/mol. The Kier molecular flexibility index (Phi) is 13.5. The van der Waals surface area contributed by atoms with Crippen LogP contribution < -0.4 is 19.6 Å². The molecule has 0 radical (unpaired) electrons. The molecule has 0 aromatic heterocycles. The van der Waals surface area contributed by atoms with Crippen molar-refractivity contribution in [3.8, 4) is 11.1 Å². The number of benzene rings is 14. The standard InChI is InChI=1S/C80H62N4/c1-55-41-45-77(73-37-21-17-33-69(55)73)81(61-25-9-5-10-26-61)65-49-59(50-66(53-65)82(62-27-11-6-12-28-62)78-46-42-56(2)70-34-18-22-38-74(70)78)60-51-67(83(63-29-13-7-14-30-63)79-47-43-57(3)71-35-19-23-39-75(71)79)54-68(52-60)84(64-31-15-8-16-32-64)80-48-44-58(4)72-36-20-24-40-76(72)80/h5-54H,1-4H3. The first-order valence-corrected chi connectivity index (χ1v) is 29.0. The van der Waals surface area contributed by atoms with Crippen LogP contribution in [-0.2, 0) is 0 Å². The van der Waals surface area contributed by atoms with Crippen molar-refractivity contribution < 1.29 is 0 Å². The lowest BCUT2D eigenvalue weighted by Gasteiger charge is -2.33. The van der Waals surface area contributed by atoms with Gasteiger partial charge in [-0.25, -0.2) is 0 Å². The average Bonchev–Trinajstić information content (AvgIpc) is 3.48. The molecule has 0 amide bonds. The molecule has 84 heavy (non-hydrogen) atoms. The van der Waals surface area contributed by atoms with E-state index in [1.807, 2.05) is 0 Å². The Balaban J connectivity index is 1.12. The van der Waals surface area contributed by atoms with E-state index in [2.05, 4.69) is 351 Å². The largest absolute Gasteiger partial charge is 0.310 e. The number of rotatable bonds is 13. The summed E-state index contributed by atoms with van der Waals surface area (Å²) in [6.45, 7) is 8.84. The molecular formula is C80H62N4. The molecule has 402 valence electrons. The molecule has 0 unspecified atom stereocenters. The molecule has 0 fully saturated rings. The molecule has 14 aromatic carbocycles. The summed E-state index contributed by atoms with van der Waals surface area (Å²) in [6.07, 6.45) is 0. The third-order valence-corrected chi connectivity index (χ3v) is 16.7. The second-order valence-corrected chi connectivity index (χ2v) is 21.9. The minimum atomic E-state index is 1.01. The highest BCUT2D eigenvalue weighted by Gasteiger charge is 2.26. The molecule has 0 aliphatic rings. The van der Waals surface area contributed by atoms with Gasteiger partial charge in [0.05, 0.1) is 22.7 Å². The predicted octanol–water partition coefficient (Wildman–Crippen LogP) is 23.1. The zero-order valence-electron chi connectivity index (χ0n) is 47.7. The summed E-state index contributed by atoms with van der Waals surface area (Å²) < 4.78 is 0. The quantitative estimate of drug-likeness (QED) is 0.114. The Morgan fingerprint density at radius 3 is 0.571 bits per heavy atom. The molecule has 14 aromatic rings. The van der Waals surface area contributed by atoms with E-state index in [0.29, 0.717) is 0 Å². The van der Waals surface area contributed by atoms with Gasteiger partial charge in [0, 0.05) is 67.0 Å². The molecule has 0 aliphatic carbocycles. The summed E-state index contributed by atoms with van der Waals surface area (Å²) in [5.41, 5.74) is 19.7. The third kappa shape index (κ3) is 9.44. The van der Waals surface area contributed by atoms with Gasteiger partial charge in [-0.1, -0.05) is 194 Å². The van der Waals surface area contributed by atoms with E-state index in [9.17, 15) is 0 Å². The summed E-state index contributed by atoms with van der Waals surface area (Å²) in [7, 11) is 0. The first-order chi connectivity index (χ1) is 41.3. The molecule has 0 atom stereocenters. The van der Waals surface area contributed by atoms with Crippen molar-refractivity contribution in [2.75, 3.05) is 19.6 Å². The van der Waals surface area contributed by atoms with Crippen LogP contribution in [0.1, 0.15) is 22.3 Å². The van der Waals surface area contributed by atoms with Gasteiger partial charge in [-0.3, -0.25) is 0 Å². The smallest absolute Gasteiger partial charge is 0.0540 e. The van der Waals surface area contributed by atoms with Gasteiger partial charge in [-0.05, 0) is 192 Å². The topological polar surface area (TPSA) is 13.0 Å². The monoisotopic (exact) mass is 1080 g/mol. The second kappa shape index (κ2) is 22.0. The van der Waals surface area contributed by atoms with Gasteiger partial charge in [0.15, 0.2) is 0 Å². The van der Waals surface area contributed by atoms with Gasteiger partial charge in [0.2, 0.25) is 0 Å². The summed E-state index contributed by atoms with van der Waals surface area (Å²) in [5, 5.41) is 9.58. The van der Waals surface area contributed by atoms with Crippen LogP contribution in [0.15, 0.2) is 303 Å². The molecule has 4 heteroatoms. The zero-order chi connectivity index (χ0) is 56.7. The lowest BCUT2D eigenvalue weighted by molar-refractivity contribution is 1.25. The molecule has 0 saturated heterocycles. The van der Waals surface area contributed by atoms with E-state index in [1.54, 1.807) is 0 Å². The van der Waals surface area contributed by atoms with E-state index in [4.69, 9.17) is 0 Å². The minimum Gasteiger partial charge on any atom is -0.310 e. The lowest BCUT2D eigenvalue weighted by atomic mass is 9.97. The number of fused-ring (bicyclic) bond motifs is 4. The van der Waals surface area contributed by atoms with E-state index in [0.717, 1.165) is 79.4 Å². The minimum absolute atomic E-state index is 1.01. The normalized spacial score (nSPS) is 11.3. The van der Waals surface area contributed by atoms with Gasteiger partial charge >= 0.3 is 0 Å². The van der Waals surface area contributed by atoms with E-state index in [1.165, 1.54) is 65.3 Å². The van der Waals surface area contributed by atoms with Crippen LogP contribution in [0.5, 0.6) is 0 Å². The molecule has 0 spiro atoms. The van der Waals surface area contributed by atoms with Crippen molar-refractivity contribution >= 4 is 111 Å². The van der Waals surface area contributed by atoms with Crippen molar-refractivity contribution in [1.29, 1.82) is 0 Å². The highest BCUT2D eigenvalue weighted by Crippen LogP contribution is 2.50. The molecule has 14 rings (SSSR count). The van der Waals surface area contributed by atoms with Gasteiger partial charge in [0.1, 0.15) is 0 Å². The van der Waals surface area contributed by atoms with Crippen molar-refractivity contribution in [3.05, 3.63) is 326 Å². The van der Waals surface area contributed by atoms with E-state index >= 15 is 0 Å². The summed E-state index contributed by atoms with van der Waals surface area (Å²) >= 11 is 0. The van der Waals surface area contributed by atoms with Crippen LogP contribution in [0.3, 0.4) is 0 Å². The highest BCUT2D eigenvalue weighted by molar-refractivity contribution is 6.06. The fourth-order valence-electron chi connectivity index (χ4n) is 12.6. The number of aryl methyl sites for hydroxylation is 4. The second-order valence-electron chi connectivity index (χ2n) is 21.9. The number of hydrogen-bond donors (Lipinski definition) is 0. The van der Waals surface area contributed by atoms with Crippen LogP contribution in [0.4, 0.5) is 68.2 Å². The van der Waals surface area contributed by atoms with Crippen molar-refractivity contribution in [3.63, 3.8) is 0 Å². The predicted molar refractivity (Wildman–Crippen MR) is 360 cm³/mol. The fourth-order valence-corrected chi connectivity index (χ4v) is 12.6. The van der Waals surface area contributed by atoms with Crippen LogP contribution >= 0.6 is 0 Å². The summed E-state index contributed by atoms with van der Waals surface area (Å²) in [4.78, 5) is 9.83. The fraction of sp³-hybridized carbons (Fsp3) is 0.0500. The van der Waals surface area contributed by atoms with Crippen molar-refractivity contribution in [2.24, 2.45) is 0 Å². The van der Waals surface area contributed by atoms with Gasteiger partial charge in [0.25, 0.3) is 0 Å². The van der Waals surface area contributed by atoms with Crippen LogP contribution in [0, 0.1) is 27.7 Å². The third-order valence-electron chi connectivity index (χ3n) is 16.7. The SMILES string of the molecule is Cc1ccc(N(c2ccccc2)c2cc(-c3cc(N(c4ccccc4)c4ccc(C)c5ccccc45)cc(N(c4ccccc4)c4ccc(C)c5ccccc45)c3)cc(N(c3ccccc3)c3ccc(C)c4ccccc34)c2)c2ccccc12. The Labute approximate surface area is 492 Å². The highest BCUT2D eigenvalue weighted by atomic mass is 15.2. The Morgan fingerprint density at radius 1 is 0.167 bits per heavy atom. The number of anilines is 12. The molecule has 0 aliphatic heterocycles. The molecule has 4 nitrogen and oxygen atoms in total. The maximum atomic E-state index is 2.46. The Bertz CT molecular complexity index is 4130. The molecule has 0 N–H and O–H groups in total. The number of nitrogens with zero attached hydrogens (tertiary/aromatic N) is 4. The van der Waals surface area contributed by atoms with Crippen LogP contribution in [-0.4, -0.2) is 0 Å². The van der Waals surface area contributed by atoms with E-state index < -0.39 is 0 Å². The summed E-state index contributed by atoms with van der Waals surface area (Å²) in [6, 6.07) is 111. The van der Waals surface area contributed by atoms with E-state index in [-0.39, 0.29) is 0 Å². The van der Waals surface area contributed by atoms with Crippen molar-refractivity contribution in [2.45, 2.75) is 27.7 Å². The Morgan fingerprint density at radius 2 is 0.357 bits per heavy atom. The van der Waals surface area contributed by atoms with Gasteiger partial charge in [-0.15, -0.1) is 0 Å². The maximum absolute atomic E-state index is 2.46. The molecule has 0 heterocycles. The zero-order valence-corrected chi connectivity index (χ0v) is 47.7.